The molecule has 0 radical (unpaired) electrons. The van der Waals surface area contributed by atoms with Gasteiger partial charge in [-0.15, -0.1) is 0 Å². The maximum Gasteiger partial charge on any atom is 0.277 e. The van der Waals surface area contributed by atoms with E-state index < -0.39 is 0 Å². The van der Waals surface area contributed by atoms with Crippen molar-refractivity contribution in [1.29, 1.82) is 0 Å². The minimum absolute atomic E-state index is 0.0883. The molecule has 5 rings (SSSR count). The summed E-state index contributed by atoms with van der Waals surface area (Å²) < 4.78 is 1.32. The number of hydrogen-bond donors (Lipinski definition) is 0. The lowest BCUT2D eigenvalue weighted by Gasteiger charge is -2.27. The highest BCUT2D eigenvalue weighted by Gasteiger charge is 2.26. The molecule has 3 aromatic rings. The molecule has 6 heteroatoms. The average molecular weight is 387 g/mol. The van der Waals surface area contributed by atoms with Crippen molar-refractivity contribution < 1.29 is 0 Å². The molecule has 3 heterocycles. The van der Waals surface area contributed by atoms with Crippen LogP contribution in [-0.4, -0.2) is 32.8 Å². The Morgan fingerprint density at radius 2 is 1.90 bits per heavy atom. The van der Waals surface area contributed by atoms with E-state index in [4.69, 9.17) is 0 Å². The summed E-state index contributed by atoms with van der Waals surface area (Å²) in [5.74, 6) is 0.756. The first kappa shape index (κ1) is 18.0. The van der Waals surface area contributed by atoms with Gasteiger partial charge in [0.1, 0.15) is 0 Å². The van der Waals surface area contributed by atoms with Crippen LogP contribution in [0.3, 0.4) is 0 Å². The Bertz CT molecular complexity index is 1090. The van der Waals surface area contributed by atoms with Crippen molar-refractivity contribution >= 4 is 5.69 Å². The highest BCUT2D eigenvalue weighted by atomic mass is 16.1. The quantitative estimate of drug-likeness (QED) is 0.691. The number of anilines is 1. The zero-order chi connectivity index (χ0) is 19.8. The van der Waals surface area contributed by atoms with Crippen molar-refractivity contribution in [1.82, 2.24) is 19.7 Å². The molecule has 2 aromatic heterocycles. The molecule has 1 aliphatic heterocycles. The monoisotopic (exact) mass is 387 g/mol. The molecule has 1 fully saturated rings. The second-order valence-electron chi connectivity index (χ2n) is 8.09. The normalized spacial score (nSPS) is 18.7. The minimum atomic E-state index is -0.0883. The lowest BCUT2D eigenvalue weighted by atomic mass is 9.79. The van der Waals surface area contributed by atoms with Crippen LogP contribution in [0.5, 0.6) is 0 Å². The Morgan fingerprint density at radius 1 is 1.10 bits per heavy atom. The van der Waals surface area contributed by atoms with Crippen LogP contribution in [0.1, 0.15) is 47.4 Å². The number of aromatic nitrogens is 4. The Balaban J connectivity index is 1.45. The van der Waals surface area contributed by atoms with Crippen molar-refractivity contribution in [3.8, 4) is 5.95 Å². The zero-order valence-corrected chi connectivity index (χ0v) is 16.7. The van der Waals surface area contributed by atoms with Crippen molar-refractivity contribution in [2.75, 3.05) is 18.0 Å². The predicted octanol–water partition coefficient (Wildman–Crippen LogP) is 3.20. The fraction of sp³-hybridized carbons (Fsp3) is 0.391. The molecule has 6 nitrogen and oxygen atoms in total. The van der Waals surface area contributed by atoms with Crippen molar-refractivity contribution in [2.24, 2.45) is 0 Å². The van der Waals surface area contributed by atoms with Crippen LogP contribution in [0.4, 0.5) is 5.69 Å². The van der Waals surface area contributed by atoms with Gasteiger partial charge in [-0.05, 0) is 79.8 Å². The number of benzene rings is 1. The molecule has 0 spiro atoms. The molecule has 1 aliphatic carbocycles. The third kappa shape index (κ3) is 3.33. The van der Waals surface area contributed by atoms with Crippen molar-refractivity contribution in [3.05, 3.63) is 75.5 Å². The summed E-state index contributed by atoms with van der Waals surface area (Å²) in [4.78, 5) is 23.8. The van der Waals surface area contributed by atoms with Crippen LogP contribution in [-0.2, 0) is 12.8 Å². The topological polar surface area (TPSA) is 63.9 Å². The standard InChI is InChI=1S/C23H25N5O/c1-16-5-7-19(27-11-2-3-12-27)14-21(16)17-6-8-20-18(13-17)15-26-28(22(20)29)23-24-9-4-10-25-23/h4-5,7,9-10,14-15,17H,2-3,6,8,11-13H2,1H3. The van der Waals surface area contributed by atoms with Crippen LogP contribution in [0, 0.1) is 6.92 Å². The number of nitrogens with zero attached hydrogens (tertiary/aromatic N) is 5. The second-order valence-corrected chi connectivity index (χ2v) is 8.09. The van der Waals surface area contributed by atoms with Gasteiger partial charge in [0, 0.05) is 36.7 Å². The number of fused-ring (bicyclic) bond motifs is 1. The molecule has 1 unspecified atom stereocenters. The van der Waals surface area contributed by atoms with E-state index in [1.807, 2.05) is 6.20 Å². The average Bonchev–Trinajstić information content (AvgIpc) is 3.30. The van der Waals surface area contributed by atoms with Gasteiger partial charge in [-0.25, -0.2) is 9.97 Å². The molecule has 1 atom stereocenters. The van der Waals surface area contributed by atoms with Gasteiger partial charge in [0.25, 0.3) is 11.5 Å². The molecule has 0 bridgehead atoms. The smallest absolute Gasteiger partial charge is 0.277 e. The molecule has 148 valence electrons. The maximum atomic E-state index is 13.0. The first-order valence-corrected chi connectivity index (χ1v) is 10.4. The lowest BCUT2D eigenvalue weighted by molar-refractivity contribution is 0.563. The van der Waals surface area contributed by atoms with Gasteiger partial charge in [-0.1, -0.05) is 6.07 Å². The van der Waals surface area contributed by atoms with Crippen molar-refractivity contribution in [3.63, 3.8) is 0 Å². The van der Waals surface area contributed by atoms with Gasteiger partial charge in [-0.3, -0.25) is 4.79 Å². The predicted molar refractivity (Wildman–Crippen MR) is 113 cm³/mol. The molecule has 29 heavy (non-hydrogen) atoms. The van der Waals surface area contributed by atoms with Crippen LogP contribution in [0.25, 0.3) is 5.95 Å². The van der Waals surface area contributed by atoms with Crippen LogP contribution >= 0.6 is 0 Å². The van der Waals surface area contributed by atoms with E-state index in [2.05, 4.69) is 45.1 Å². The summed E-state index contributed by atoms with van der Waals surface area (Å²) >= 11 is 0. The highest BCUT2D eigenvalue weighted by molar-refractivity contribution is 5.53. The molecule has 0 amide bonds. The summed E-state index contributed by atoms with van der Waals surface area (Å²) in [6, 6.07) is 8.61. The first-order valence-electron chi connectivity index (χ1n) is 10.4. The molecule has 0 saturated carbocycles. The molecular formula is C23H25N5O. The van der Waals surface area contributed by atoms with E-state index in [9.17, 15) is 4.79 Å². The Hall–Kier alpha value is -3.02. The summed E-state index contributed by atoms with van der Waals surface area (Å²) in [7, 11) is 0. The lowest BCUT2D eigenvalue weighted by Crippen LogP contribution is -2.30. The zero-order valence-electron chi connectivity index (χ0n) is 16.7. The van der Waals surface area contributed by atoms with E-state index in [1.165, 1.54) is 34.3 Å². The van der Waals surface area contributed by atoms with E-state index in [-0.39, 0.29) is 5.56 Å². The maximum absolute atomic E-state index is 13.0. The Kier molecular flexibility index (Phi) is 4.62. The number of aryl methyl sites for hydroxylation is 1. The molecule has 2 aliphatic rings. The summed E-state index contributed by atoms with van der Waals surface area (Å²) in [5.41, 5.74) is 5.91. The molecule has 0 N–H and O–H groups in total. The fourth-order valence-corrected chi connectivity index (χ4v) is 4.70. The Morgan fingerprint density at radius 3 is 2.69 bits per heavy atom. The van der Waals surface area contributed by atoms with E-state index in [0.717, 1.165) is 43.5 Å². The summed E-state index contributed by atoms with van der Waals surface area (Å²) in [5, 5.41) is 4.36. The molecule has 1 saturated heterocycles. The van der Waals surface area contributed by atoms with Gasteiger partial charge >= 0.3 is 0 Å². The molecular weight excluding hydrogens is 362 g/mol. The number of hydrogen-bond acceptors (Lipinski definition) is 5. The second kappa shape index (κ2) is 7.43. The largest absolute Gasteiger partial charge is 0.372 e. The number of rotatable bonds is 3. The molecule has 1 aromatic carbocycles. The first-order chi connectivity index (χ1) is 14.2. The van der Waals surface area contributed by atoms with Gasteiger partial charge in [-0.2, -0.15) is 9.78 Å². The van der Waals surface area contributed by atoms with Crippen LogP contribution < -0.4 is 10.5 Å². The third-order valence-electron chi connectivity index (χ3n) is 6.29. The van der Waals surface area contributed by atoms with Crippen LogP contribution in [0.15, 0.2) is 47.7 Å². The van der Waals surface area contributed by atoms with Gasteiger partial charge in [0.15, 0.2) is 0 Å². The third-order valence-corrected chi connectivity index (χ3v) is 6.29. The van der Waals surface area contributed by atoms with Crippen LogP contribution in [0.2, 0.25) is 0 Å². The van der Waals surface area contributed by atoms with Gasteiger partial charge < -0.3 is 4.90 Å². The summed E-state index contributed by atoms with van der Waals surface area (Å²) in [6.07, 6.45) is 10.3. The van der Waals surface area contributed by atoms with E-state index in [0.29, 0.717) is 11.9 Å². The Labute approximate surface area is 170 Å². The van der Waals surface area contributed by atoms with E-state index >= 15 is 0 Å². The van der Waals surface area contributed by atoms with Crippen molar-refractivity contribution in [2.45, 2.75) is 44.9 Å². The van der Waals surface area contributed by atoms with E-state index in [1.54, 1.807) is 18.5 Å². The SMILES string of the molecule is Cc1ccc(N2CCCC2)cc1C1CCc2c(cnn(-c3ncccn3)c2=O)C1. The fourth-order valence-electron chi connectivity index (χ4n) is 4.70. The summed E-state index contributed by atoms with van der Waals surface area (Å²) in [6.45, 7) is 4.50. The van der Waals surface area contributed by atoms with Gasteiger partial charge in [0.2, 0.25) is 0 Å². The van der Waals surface area contributed by atoms with Gasteiger partial charge in [0.05, 0.1) is 6.20 Å². The minimum Gasteiger partial charge on any atom is -0.372 e. The highest BCUT2D eigenvalue weighted by Crippen LogP contribution is 2.35.